The van der Waals surface area contributed by atoms with Gasteiger partial charge in [-0.25, -0.2) is 0 Å². The van der Waals surface area contributed by atoms with E-state index in [0.717, 1.165) is 0 Å². The largest absolute Gasteiger partial charge is 0.387 e. The van der Waals surface area contributed by atoms with E-state index in [2.05, 4.69) is 0 Å². The number of hydrogen-bond acceptors (Lipinski definition) is 1. The number of nitrogens with two attached hydrogens (primary N) is 1. The van der Waals surface area contributed by atoms with Crippen LogP contribution in [0.2, 0.25) is 0 Å². The smallest absolute Gasteiger partial charge is 0.0961 e. The van der Waals surface area contributed by atoms with E-state index in [9.17, 15) is 0 Å². The Morgan fingerprint density at radius 3 is 1.88 bits per heavy atom. The van der Waals surface area contributed by atoms with Crippen LogP contribution in [0, 0.1) is 11.3 Å². The highest BCUT2D eigenvalue weighted by Crippen LogP contribution is 2.00. The van der Waals surface area contributed by atoms with Crippen LogP contribution < -0.4 is 5.73 Å². The van der Waals surface area contributed by atoms with Gasteiger partial charge in [-0.1, -0.05) is 0 Å². The molecule has 2 nitrogen and oxygen atoms in total. The third-order valence-electron chi connectivity index (χ3n) is 0.812. The Kier molecular flexibility index (Phi) is 4.01. The molecule has 4 heteroatoms. The highest BCUT2D eigenvalue weighted by Gasteiger charge is 2.06. The second-order valence-corrected chi connectivity index (χ2v) is 2.08. The minimum atomic E-state index is -0.154. The summed E-state index contributed by atoms with van der Waals surface area (Å²) in [6.07, 6.45) is 0. The highest BCUT2D eigenvalue weighted by atomic mass is 35.5. The molecule has 3 N–H and O–H groups in total. The molecular weight excluding hydrogens is 147 g/mol. The Labute approximate surface area is 58.5 Å². The molecule has 0 fully saturated rings. The van der Waals surface area contributed by atoms with Gasteiger partial charge in [0.2, 0.25) is 0 Å². The van der Waals surface area contributed by atoms with E-state index >= 15 is 0 Å². The molecule has 0 bridgehead atoms. The van der Waals surface area contributed by atoms with E-state index in [1.165, 1.54) is 0 Å². The van der Waals surface area contributed by atoms with Crippen LogP contribution >= 0.6 is 23.2 Å². The summed E-state index contributed by atoms with van der Waals surface area (Å²) in [5, 5.41) is 6.86. The second-order valence-electron chi connectivity index (χ2n) is 1.46. The summed E-state index contributed by atoms with van der Waals surface area (Å²) in [4.78, 5) is 0. The van der Waals surface area contributed by atoms with E-state index in [1.807, 2.05) is 0 Å². The van der Waals surface area contributed by atoms with Crippen LogP contribution in [-0.4, -0.2) is 17.6 Å². The SMILES string of the molecule is N=C(N)C(CCl)CCl. The molecule has 0 aromatic carbocycles. The van der Waals surface area contributed by atoms with E-state index in [4.69, 9.17) is 34.3 Å². The fraction of sp³-hybridized carbons (Fsp3) is 0.750. The van der Waals surface area contributed by atoms with Crippen molar-refractivity contribution in [2.75, 3.05) is 11.8 Å². The van der Waals surface area contributed by atoms with Crippen LogP contribution in [0.25, 0.3) is 0 Å². The summed E-state index contributed by atoms with van der Waals surface area (Å²) in [5.74, 6) is 0.575. The predicted molar refractivity (Wildman–Crippen MR) is 36.8 cm³/mol. The summed E-state index contributed by atoms with van der Waals surface area (Å²) in [6.45, 7) is 0. The topological polar surface area (TPSA) is 49.9 Å². The van der Waals surface area contributed by atoms with E-state index < -0.39 is 0 Å². The molecular formula is C4H8Cl2N2. The third-order valence-corrected chi connectivity index (χ3v) is 1.56. The first-order valence-corrected chi connectivity index (χ1v) is 3.25. The maximum absolute atomic E-state index is 6.86. The van der Waals surface area contributed by atoms with Crippen molar-refractivity contribution >= 4 is 29.0 Å². The number of alkyl halides is 2. The van der Waals surface area contributed by atoms with Crippen molar-refractivity contribution in [2.45, 2.75) is 0 Å². The lowest BCUT2D eigenvalue weighted by Crippen LogP contribution is -2.24. The molecule has 0 amide bonds. The van der Waals surface area contributed by atoms with Crippen molar-refractivity contribution in [1.29, 1.82) is 5.41 Å². The molecule has 0 radical (unpaired) electrons. The minimum Gasteiger partial charge on any atom is -0.387 e. The molecule has 0 unspecified atom stereocenters. The summed E-state index contributed by atoms with van der Waals surface area (Å²) in [5.41, 5.74) is 5.07. The zero-order valence-electron chi connectivity index (χ0n) is 4.32. The zero-order valence-corrected chi connectivity index (χ0v) is 5.84. The van der Waals surface area contributed by atoms with Crippen LogP contribution in [0.15, 0.2) is 0 Å². The van der Waals surface area contributed by atoms with E-state index in [0.29, 0.717) is 11.8 Å². The molecule has 0 saturated heterocycles. The molecule has 0 heterocycles. The monoisotopic (exact) mass is 154 g/mol. The van der Waals surface area contributed by atoms with Gasteiger partial charge in [-0.15, -0.1) is 23.2 Å². The standard InChI is InChI=1S/C4H8Cl2N2/c5-1-3(2-6)4(7)8/h3H,1-2H2,(H3,7,8). The van der Waals surface area contributed by atoms with Crippen LogP contribution in [0.4, 0.5) is 0 Å². The van der Waals surface area contributed by atoms with Crippen molar-refractivity contribution in [3.05, 3.63) is 0 Å². The fourth-order valence-corrected chi connectivity index (χ4v) is 0.870. The van der Waals surface area contributed by atoms with Crippen LogP contribution in [0.1, 0.15) is 0 Å². The molecule has 0 saturated carbocycles. The predicted octanol–water partition coefficient (Wildman–Crippen LogP) is 1.02. The summed E-state index contributed by atoms with van der Waals surface area (Å²) < 4.78 is 0. The van der Waals surface area contributed by atoms with E-state index in [-0.39, 0.29) is 11.8 Å². The minimum absolute atomic E-state index is 0.0648. The molecule has 0 aliphatic carbocycles. The Hall–Kier alpha value is 0.0500. The van der Waals surface area contributed by atoms with Crippen LogP contribution in [-0.2, 0) is 0 Å². The van der Waals surface area contributed by atoms with Crippen LogP contribution in [0.5, 0.6) is 0 Å². The molecule has 0 aliphatic heterocycles. The first-order valence-electron chi connectivity index (χ1n) is 2.18. The maximum Gasteiger partial charge on any atom is 0.0961 e. The Bertz CT molecular complexity index is 80.1. The van der Waals surface area contributed by atoms with Crippen molar-refractivity contribution in [1.82, 2.24) is 0 Å². The molecule has 48 valence electrons. The van der Waals surface area contributed by atoms with E-state index in [1.54, 1.807) is 0 Å². The Balaban J connectivity index is 3.52. The van der Waals surface area contributed by atoms with Gasteiger partial charge in [0, 0.05) is 17.7 Å². The van der Waals surface area contributed by atoms with Crippen LogP contribution in [0.3, 0.4) is 0 Å². The number of hydrogen-bond donors (Lipinski definition) is 2. The molecule has 0 aliphatic rings. The normalized spacial score (nSPS) is 9.88. The first-order chi connectivity index (χ1) is 3.72. The summed E-state index contributed by atoms with van der Waals surface area (Å²) in [7, 11) is 0. The Morgan fingerprint density at radius 1 is 1.50 bits per heavy atom. The van der Waals surface area contributed by atoms with Gasteiger partial charge in [0.05, 0.1) is 5.84 Å². The van der Waals surface area contributed by atoms with Gasteiger partial charge in [-0.05, 0) is 0 Å². The summed E-state index contributed by atoms with van der Waals surface area (Å²) in [6, 6.07) is 0. The number of halogens is 2. The lowest BCUT2D eigenvalue weighted by Gasteiger charge is -2.04. The van der Waals surface area contributed by atoms with Gasteiger partial charge in [0.1, 0.15) is 0 Å². The fourth-order valence-electron chi connectivity index (χ4n) is 0.207. The van der Waals surface area contributed by atoms with Gasteiger partial charge in [-0.3, -0.25) is 5.41 Å². The Morgan fingerprint density at radius 2 is 1.88 bits per heavy atom. The van der Waals surface area contributed by atoms with Gasteiger partial charge < -0.3 is 5.73 Å². The zero-order chi connectivity index (χ0) is 6.57. The number of rotatable bonds is 3. The molecule has 0 aromatic heterocycles. The summed E-state index contributed by atoms with van der Waals surface area (Å²) >= 11 is 10.7. The molecule has 0 atom stereocenters. The second kappa shape index (κ2) is 3.98. The number of nitrogens with one attached hydrogen (secondary N) is 1. The average molecular weight is 155 g/mol. The lowest BCUT2D eigenvalue weighted by atomic mass is 10.2. The molecule has 0 spiro atoms. The van der Waals surface area contributed by atoms with Gasteiger partial charge in [0.25, 0.3) is 0 Å². The molecule has 8 heavy (non-hydrogen) atoms. The maximum atomic E-state index is 6.86. The molecule has 0 aromatic rings. The highest BCUT2D eigenvalue weighted by molar-refractivity contribution is 6.23. The van der Waals surface area contributed by atoms with Gasteiger partial charge in [-0.2, -0.15) is 0 Å². The van der Waals surface area contributed by atoms with Crippen molar-refractivity contribution < 1.29 is 0 Å². The lowest BCUT2D eigenvalue weighted by molar-refractivity contribution is 0.883. The quantitative estimate of drug-likeness (QED) is 0.356. The first kappa shape index (κ1) is 8.05. The van der Waals surface area contributed by atoms with Gasteiger partial charge >= 0.3 is 0 Å². The van der Waals surface area contributed by atoms with Crippen molar-refractivity contribution in [3.8, 4) is 0 Å². The molecule has 0 rings (SSSR count). The number of amidine groups is 1. The van der Waals surface area contributed by atoms with Gasteiger partial charge in [0.15, 0.2) is 0 Å². The van der Waals surface area contributed by atoms with Crippen molar-refractivity contribution in [3.63, 3.8) is 0 Å². The van der Waals surface area contributed by atoms with Crippen molar-refractivity contribution in [2.24, 2.45) is 11.7 Å². The average Bonchev–Trinajstić information content (AvgIpc) is 1.69. The third kappa shape index (κ3) is 2.38.